The summed E-state index contributed by atoms with van der Waals surface area (Å²) >= 11 is 0. The number of methoxy groups -OCH3 is 1. The van der Waals surface area contributed by atoms with Crippen molar-refractivity contribution in [1.82, 2.24) is 5.32 Å². The Kier molecular flexibility index (Phi) is 4.74. The summed E-state index contributed by atoms with van der Waals surface area (Å²) < 4.78 is 4.47. The van der Waals surface area contributed by atoms with Crippen LogP contribution in [0.1, 0.15) is 27.7 Å². The van der Waals surface area contributed by atoms with E-state index in [0.717, 1.165) is 0 Å². The Balaban J connectivity index is 4.57. The molecule has 0 heterocycles. The quantitative estimate of drug-likeness (QED) is 0.656. The maximum Gasteiger partial charge on any atom is 0.331 e. The maximum atomic E-state index is 11.6. The van der Waals surface area contributed by atoms with E-state index >= 15 is 0 Å². The number of rotatable bonds is 3. The Morgan fingerprint density at radius 1 is 1.33 bits per heavy atom. The fourth-order valence-corrected chi connectivity index (χ4v) is 0.861. The summed E-state index contributed by atoms with van der Waals surface area (Å²) in [5, 5.41) is 11.8. The van der Waals surface area contributed by atoms with E-state index in [1.165, 1.54) is 14.0 Å². The third kappa shape index (κ3) is 4.29. The number of esters is 1. The molecule has 0 saturated carbocycles. The molecule has 0 fully saturated rings. The molecule has 0 spiro atoms. The molecule has 2 N–H and O–H groups in total. The number of ether oxygens (including phenoxy) is 1. The molecule has 0 aromatic carbocycles. The van der Waals surface area contributed by atoms with Gasteiger partial charge in [0.25, 0.3) is 0 Å². The molecular weight excluding hydrogens is 198 g/mol. The Hall–Kier alpha value is -1.10. The standard InChI is InChI=1S/C10H19NO4/c1-6(12)7(8(13)15-5)11-9(14)10(2,3)4/h6-7,12H,1-5H3,(H,11,14)/t6?,7-/m0/s1. The average molecular weight is 217 g/mol. The van der Waals surface area contributed by atoms with Crippen LogP contribution in [0.3, 0.4) is 0 Å². The van der Waals surface area contributed by atoms with E-state index < -0.39 is 23.5 Å². The lowest BCUT2D eigenvalue weighted by atomic mass is 9.95. The zero-order valence-corrected chi connectivity index (χ0v) is 9.83. The number of carbonyl (C=O) groups is 2. The lowest BCUT2D eigenvalue weighted by Crippen LogP contribution is -2.51. The molecule has 1 amide bonds. The van der Waals surface area contributed by atoms with Gasteiger partial charge < -0.3 is 15.2 Å². The van der Waals surface area contributed by atoms with E-state index in [2.05, 4.69) is 10.1 Å². The van der Waals surface area contributed by atoms with Crippen LogP contribution in [0.4, 0.5) is 0 Å². The number of hydrogen-bond acceptors (Lipinski definition) is 4. The van der Waals surface area contributed by atoms with Gasteiger partial charge in [0.05, 0.1) is 13.2 Å². The first-order valence-electron chi connectivity index (χ1n) is 4.77. The predicted molar refractivity (Wildman–Crippen MR) is 55.1 cm³/mol. The molecule has 5 nitrogen and oxygen atoms in total. The monoisotopic (exact) mass is 217 g/mol. The molecule has 0 rings (SSSR count). The van der Waals surface area contributed by atoms with Gasteiger partial charge in [-0.1, -0.05) is 20.8 Å². The highest BCUT2D eigenvalue weighted by Gasteiger charge is 2.30. The van der Waals surface area contributed by atoms with Crippen molar-refractivity contribution in [1.29, 1.82) is 0 Å². The van der Waals surface area contributed by atoms with Crippen LogP contribution in [-0.4, -0.2) is 36.2 Å². The van der Waals surface area contributed by atoms with Crippen LogP contribution in [0.25, 0.3) is 0 Å². The van der Waals surface area contributed by atoms with E-state index in [0.29, 0.717) is 0 Å². The second-order valence-electron chi connectivity index (χ2n) is 4.46. The molecule has 0 aliphatic rings. The minimum Gasteiger partial charge on any atom is -0.467 e. The molecule has 0 aromatic rings. The highest BCUT2D eigenvalue weighted by atomic mass is 16.5. The fraction of sp³-hybridized carbons (Fsp3) is 0.800. The Bertz CT molecular complexity index is 242. The van der Waals surface area contributed by atoms with Crippen LogP contribution >= 0.6 is 0 Å². The van der Waals surface area contributed by atoms with Crippen LogP contribution < -0.4 is 5.32 Å². The van der Waals surface area contributed by atoms with Crippen LogP contribution in [0, 0.1) is 5.41 Å². The van der Waals surface area contributed by atoms with Crippen LogP contribution in [0.2, 0.25) is 0 Å². The highest BCUT2D eigenvalue weighted by molar-refractivity contribution is 5.87. The first-order chi connectivity index (χ1) is 6.70. The topological polar surface area (TPSA) is 75.6 Å². The van der Waals surface area contributed by atoms with Crippen molar-refractivity contribution in [3.8, 4) is 0 Å². The molecule has 5 heteroatoms. The van der Waals surface area contributed by atoms with E-state index in [1.54, 1.807) is 20.8 Å². The summed E-state index contributed by atoms with van der Waals surface area (Å²) in [4.78, 5) is 22.8. The normalized spacial score (nSPS) is 15.3. The lowest BCUT2D eigenvalue weighted by molar-refractivity contribution is -0.149. The molecule has 88 valence electrons. The highest BCUT2D eigenvalue weighted by Crippen LogP contribution is 2.13. The van der Waals surface area contributed by atoms with Crippen LogP contribution in [-0.2, 0) is 14.3 Å². The molecule has 0 radical (unpaired) electrons. The van der Waals surface area contributed by atoms with Crippen molar-refractivity contribution in [2.24, 2.45) is 5.41 Å². The molecular formula is C10H19NO4. The number of aliphatic hydroxyl groups excluding tert-OH is 1. The molecule has 15 heavy (non-hydrogen) atoms. The minimum absolute atomic E-state index is 0.307. The molecule has 0 bridgehead atoms. The second-order valence-corrected chi connectivity index (χ2v) is 4.46. The van der Waals surface area contributed by atoms with E-state index in [4.69, 9.17) is 0 Å². The van der Waals surface area contributed by atoms with Crippen molar-refractivity contribution in [2.75, 3.05) is 7.11 Å². The first kappa shape index (κ1) is 13.9. The summed E-state index contributed by atoms with van der Waals surface area (Å²) in [6.45, 7) is 6.58. The molecule has 0 aliphatic heterocycles. The molecule has 2 atom stereocenters. The Morgan fingerprint density at radius 2 is 1.80 bits per heavy atom. The van der Waals surface area contributed by atoms with E-state index in [9.17, 15) is 14.7 Å². The zero-order valence-electron chi connectivity index (χ0n) is 9.83. The molecule has 0 aromatic heterocycles. The van der Waals surface area contributed by atoms with Crippen molar-refractivity contribution in [3.63, 3.8) is 0 Å². The number of amides is 1. The third-order valence-electron chi connectivity index (χ3n) is 1.91. The summed E-state index contributed by atoms with van der Waals surface area (Å²) in [5.41, 5.74) is -0.610. The fourth-order valence-electron chi connectivity index (χ4n) is 0.861. The van der Waals surface area contributed by atoms with Crippen molar-refractivity contribution in [2.45, 2.75) is 39.8 Å². The Morgan fingerprint density at radius 3 is 2.07 bits per heavy atom. The van der Waals surface area contributed by atoms with Gasteiger partial charge in [0.15, 0.2) is 6.04 Å². The van der Waals surface area contributed by atoms with Gasteiger partial charge in [0.1, 0.15) is 0 Å². The number of carbonyl (C=O) groups excluding carboxylic acids is 2. The lowest BCUT2D eigenvalue weighted by Gasteiger charge is -2.24. The third-order valence-corrected chi connectivity index (χ3v) is 1.91. The summed E-state index contributed by atoms with van der Waals surface area (Å²) in [5.74, 6) is -0.957. The van der Waals surface area contributed by atoms with Gasteiger partial charge in [-0.3, -0.25) is 4.79 Å². The minimum atomic E-state index is -1.01. The second kappa shape index (κ2) is 5.11. The van der Waals surface area contributed by atoms with Crippen molar-refractivity contribution < 1.29 is 19.4 Å². The van der Waals surface area contributed by atoms with Gasteiger partial charge in [-0.05, 0) is 6.92 Å². The maximum absolute atomic E-state index is 11.6. The van der Waals surface area contributed by atoms with Gasteiger partial charge in [0.2, 0.25) is 5.91 Å². The van der Waals surface area contributed by atoms with Crippen LogP contribution in [0.15, 0.2) is 0 Å². The summed E-state index contributed by atoms with van der Waals surface area (Å²) in [6.07, 6.45) is -0.983. The zero-order chi connectivity index (χ0) is 12.2. The number of aliphatic hydroxyl groups is 1. The SMILES string of the molecule is COC(=O)[C@@H](NC(=O)C(C)(C)C)C(C)O. The van der Waals surface area contributed by atoms with E-state index in [-0.39, 0.29) is 5.91 Å². The van der Waals surface area contributed by atoms with Gasteiger partial charge >= 0.3 is 5.97 Å². The average Bonchev–Trinajstić information content (AvgIpc) is 2.10. The van der Waals surface area contributed by atoms with E-state index in [1.807, 2.05) is 0 Å². The predicted octanol–water partition coefficient (Wildman–Crippen LogP) is 0.0711. The van der Waals surface area contributed by atoms with Crippen LogP contribution in [0.5, 0.6) is 0 Å². The molecule has 0 saturated heterocycles. The molecule has 0 aliphatic carbocycles. The van der Waals surface area contributed by atoms with Gasteiger partial charge in [-0.2, -0.15) is 0 Å². The number of nitrogens with one attached hydrogen (secondary N) is 1. The smallest absolute Gasteiger partial charge is 0.331 e. The Labute approximate surface area is 89.8 Å². The van der Waals surface area contributed by atoms with Crippen molar-refractivity contribution in [3.05, 3.63) is 0 Å². The van der Waals surface area contributed by atoms with Gasteiger partial charge in [-0.15, -0.1) is 0 Å². The molecule has 1 unspecified atom stereocenters. The summed E-state index contributed by atoms with van der Waals surface area (Å²) in [6, 6.07) is -1.01. The van der Waals surface area contributed by atoms with Gasteiger partial charge in [-0.25, -0.2) is 4.79 Å². The largest absolute Gasteiger partial charge is 0.467 e. The summed E-state index contributed by atoms with van der Waals surface area (Å²) in [7, 11) is 1.21. The first-order valence-corrected chi connectivity index (χ1v) is 4.77. The van der Waals surface area contributed by atoms with Gasteiger partial charge in [0, 0.05) is 5.41 Å². The van der Waals surface area contributed by atoms with Crippen molar-refractivity contribution >= 4 is 11.9 Å². The number of hydrogen-bond donors (Lipinski definition) is 2.